The van der Waals surface area contributed by atoms with Crippen LogP contribution in [-0.4, -0.2) is 51.5 Å². The second-order valence-corrected chi connectivity index (χ2v) is 7.82. The molecule has 0 bridgehead atoms. The molecule has 2 aromatic carbocycles. The maximum Gasteiger partial charge on any atom is 0.251 e. The van der Waals surface area contributed by atoms with E-state index in [1.807, 2.05) is 44.4 Å². The van der Waals surface area contributed by atoms with E-state index in [0.717, 1.165) is 24.2 Å². The Kier molecular flexibility index (Phi) is 7.19. The molecule has 7 nitrogen and oxygen atoms in total. The Labute approximate surface area is 177 Å². The number of rotatable bonds is 8. The Hall–Kier alpha value is -3.19. The van der Waals surface area contributed by atoms with Gasteiger partial charge < -0.3 is 20.4 Å². The van der Waals surface area contributed by atoms with Crippen molar-refractivity contribution in [2.45, 2.75) is 18.9 Å². The molecule has 158 valence electrons. The van der Waals surface area contributed by atoms with Gasteiger partial charge in [0.2, 0.25) is 11.8 Å². The molecule has 1 aliphatic heterocycles. The van der Waals surface area contributed by atoms with Gasteiger partial charge in [-0.15, -0.1) is 0 Å². The quantitative estimate of drug-likeness (QED) is 0.595. The Morgan fingerprint density at radius 1 is 1.07 bits per heavy atom. The summed E-state index contributed by atoms with van der Waals surface area (Å²) in [4.78, 5) is 39.6. The largest absolute Gasteiger partial charge is 0.343 e. The van der Waals surface area contributed by atoms with E-state index in [1.54, 1.807) is 29.2 Å². The van der Waals surface area contributed by atoms with Crippen LogP contribution in [0.3, 0.4) is 0 Å². The van der Waals surface area contributed by atoms with Crippen molar-refractivity contribution in [3.63, 3.8) is 0 Å². The van der Waals surface area contributed by atoms with E-state index in [2.05, 4.69) is 10.6 Å². The maximum absolute atomic E-state index is 12.4. The third kappa shape index (κ3) is 5.67. The van der Waals surface area contributed by atoms with Gasteiger partial charge in [-0.25, -0.2) is 0 Å². The first-order chi connectivity index (χ1) is 14.4. The smallest absolute Gasteiger partial charge is 0.251 e. The fraction of sp³-hybridized carbons (Fsp3) is 0.348. The summed E-state index contributed by atoms with van der Waals surface area (Å²) in [5, 5.41) is 5.67. The molecule has 0 spiro atoms. The van der Waals surface area contributed by atoms with E-state index in [1.165, 1.54) is 4.90 Å². The number of carbonyl (C=O) groups is 3. The first-order valence-electron chi connectivity index (χ1n) is 10.3. The minimum Gasteiger partial charge on any atom is -0.343 e. The molecule has 0 aliphatic carbocycles. The number of nitrogens with one attached hydrogen (secondary N) is 3. The van der Waals surface area contributed by atoms with Crippen molar-refractivity contribution in [2.24, 2.45) is 0 Å². The number of likely N-dealkylation sites (N-methyl/N-ethyl adjacent to an activating group) is 1. The summed E-state index contributed by atoms with van der Waals surface area (Å²) in [6.07, 6.45) is 1.42. The van der Waals surface area contributed by atoms with E-state index in [0.29, 0.717) is 18.5 Å². The molecule has 3 amide bonds. The zero-order valence-corrected chi connectivity index (χ0v) is 17.5. The first-order valence-corrected chi connectivity index (χ1v) is 10.3. The van der Waals surface area contributed by atoms with Gasteiger partial charge in [0.05, 0.1) is 20.6 Å². The van der Waals surface area contributed by atoms with Crippen molar-refractivity contribution in [1.82, 2.24) is 10.6 Å². The van der Waals surface area contributed by atoms with Gasteiger partial charge in [0, 0.05) is 24.2 Å². The average Bonchev–Trinajstić information content (AvgIpc) is 3.18. The van der Waals surface area contributed by atoms with Crippen LogP contribution < -0.4 is 20.4 Å². The van der Waals surface area contributed by atoms with Gasteiger partial charge in [-0.1, -0.05) is 30.3 Å². The molecule has 1 aliphatic rings. The van der Waals surface area contributed by atoms with Crippen LogP contribution in [0, 0.1) is 0 Å². The lowest BCUT2D eigenvalue weighted by Gasteiger charge is -2.21. The van der Waals surface area contributed by atoms with Crippen molar-refractivity contribution in [1.29, 1.82) is 0 Å². The predicted molar refractivity (Wildman–Crippen MR) is 115 cm³/mol. The summed E-state index contributed by atoms with van der Waals surface area (Å²) in [6.45, 7) is 1.35. The second kappa shape index (κ2) is 10.0. The monoisotopic (exact) mass is 409 g/mol. The van der Waals surface area contributed by atoms with Crippen molar-refractivity contribution >= 4 is 23.4 Å². The maximum atomic E-state index is 12.4. The number of anilines is 1. The Balaban J connectivity index is 1.54. The van der Waals surface area contributed by atoms with E-state index in [4.69, 9.17) is 0 Å². The Morgan fingerprint density at radius 3 is 2.37 bits per heavy atom. The average molecular weight is 410 g/mol. The molecule has 7 heteroatoms. The van der Waals surface area contributed by atoms with Crippen molar-refractivity contribution in [2.75, 3.05) is 38.6 Å². The standard InChI is InChI=1S/C23H28N4O3/c1-26(2)16-20(17-7-4-3-5-8-17)25-21(28)15-24-23(30)18-10-12-19(13-11-18)27-14-6-9-22(27)29/h3-5,7-8,10-13,20H,6,9,14-16H2,1-2H3,(H,24,30)(H,25,28)/p+1/t20-/m0/s1. The van der Waals surface area contributed by atoms with Gasteiger partial charge in [0.1, 0.15) is 12.6 Å². The molecule has 0 radical (unpaired) electrons. The van der Waals surface area contributed by atoms with Crippen molar-refractivity contribution < 1.29 is 19.3 Å². The number of carbonyl (C=O) groups excluding carboxylic acids is 3. The lowest BCUT2D eigenvalue weighted by atomic mass is 10.1. The number of hydrogen-bond acceptors (Lipinski definition) is 3. The van der Waals surface area contributed by atoms with E-state index in [9.17, 15) is 14.4 Å². The van der Waals surface area contributed by atoms with Crippen LogP contribution in [0.25, 0.3) is 0 Å². The molecule has 0 unspecified atom stereocenters. The molecular formula is C23H29N4O3+. The normalized spacial score (nSPS) is 14.6. The molecule has 1 atom stereocenters. The Morgan fingerprint density at radius 2 is 1.77 bits per heavy atom. The fourth-order valence-electron chi connectivity index (χ4n) is 3.57. The van der Waals surface area contributed by atoms with Crippen molar-refractivity contribution in [3.8, 4) is 0 Å². The van der Waals surface area contributed by atoms with Crippen LogP contribution in [-0.2, 0) is 9.59 Å². The van der Waals surface area contributed by atoms with Crippen LogP contribution in [0.5, 0.6) is 0 Å². The predicted octanol–water partition coefficient (Wildman–Crippen LogP) is 0.545. The Bertz CT molecular complexity index is 881. The number of quaternary nitrogens is 1. The second-order valence-electron chi connectivity index (χ2n) is 7.82. The minimum atomic E-state index is -0.320. The lowest BCUT2D eigenvalue weighted by Crippen LogP contribution is -3.06. The zero-order chi connectivity index (χ0) is 21.5. The van der Waals surface area contributed by atoms with Crippen LogP contribution in [0.1, 0.15) is 34.8 Å². The van der Waals surface area contributed by atoms with Crippen LogP contribution >= 0.6 is 0 Å². The molecule has 3 N–H and O–H groups in total. The summed E-state index contributed by atoms with van der Waals surface area (Å²) in [5.74, 6) is -0.451. The third-order valence-corrected chi connectivity index (χ3v) is 5.07. The molecule has 2 aromatic rings. The highest BCUT2D eigenvalue weighted by atomic mass is 16.2. The summed E-state index contributed by atoms with van der Waals surface area (Å²) in [5.41, 5.74) is 2.28. The summed E-state index contributed by atoms with van der Waals surface area (Å²) in [6, 6.07) is 16.6. The number of benzene rings is 2. The highest BCUT2D eigenvalue weighted by Gasteiger charge is 2.22. The van der Waals surface area contributed by atoms with Crippen LogP contribution in [0.15, 0.2) is 54.6 Å². The van der Waals surface area contributed by atoms with E-state index >= 15 is 0 Å². The summed E-state index contributed by atoms with van der Waals surface area (Å²) >= 11 is 0. The van der Waals surface area contributed by atoms with E-state index < -0.39 is 0 Å². The third-order valence-electron chi connectivity index (χ3n) is 5.07. The lowest BCUT2D eigenvalue weighted by molar-refractivity contribution is -0.860. The highest BCUT2D eigenvalue weighted by molar-refractivity contribution is 5.98. The molecule has 1 saturated heterocycles. The topological polar surface area (TPSA) is 82.9 Å². The number of nitrogens with zero attached hydrogens (tertiary/aromatic N) is 1. The molecular weight excluding hydrogens is 380 g/mol. The summed E-state index contributed by atoms with van der Waals surface area (Å²) in [7, 11) is 4.06. The SMILES string of the molecule is C[NH+](C)C[C@H](NC(=O)CNC(=O)c1ccc(N2CCCC2=O)cc1)c1ccccc1. The summed E-state index contributed by atoms with van der Waals surface area (Å²) < 4.78 is 0. The molecule has 1 heterocycles. The van der Waals surface area contributed by atoms with Gasteiger partial charge in [-0.3, -0.25) is 14.4 Å². The zero-order valence-electron chi connectivity index (χ0n) is 17.5. The minimum absolute atomic E-state index is 0.0999. The van der Waals surface area contributed by atoms with Gasteiger partial charge >= 0.3 is 0 Å². The van der Waals surface area contributed by atoms with Gasteiger partial charge in [0.15, 0.2) is 0 Å². The number of hydrogen-bond donors (Lipinski definition) is 3. The van der Waals surface area contributed by atoms with E-state index in [-0.39, 0.29) is 30.3 Å². The van der Waals surface area contributed by atoms with Crippen molar-refractivity contribution in [3.05, 3.63) is 65.7 Å². The highest BCUT2D eigenvalue weighted by Crippen LogP contribution is 2.21. The van der Waals surface area contributed by atoms with Gasteiger partial charge in [-0.2, -0.15) is 0 Å². The number of amides is 3. The fourth-order valence-corrected chi connectivity index (χ4v) is 3.57. The molecule has 30 heavy (non-hydrogen) atoms. The molecule has 3 rings (SSSR count). The molecule has 0 aromatic heterocycles. The molecule has 0 saturated carbocycles. The van der Waals surface area contributed by atoms with Crippen LogP contribution in [0.4, 0.5) is 5.69 Å². The van der Waals surface area contributed by atoms with Gasteiger partial charge in [0.25, 0.3) is 5.91 Å². The first kappa shape index (κ1) is 21.5. The van der Waals surface area contributed by atoms with Gasteiger partial charge in [-0.05, 0) is 36.2 Å². The van der Waals surface area contributed by atoms with Crippen LogP contribution in [0.2, 0.25) is 0 Å². The molecule has 1 fully saturated rings.